The molecule has 0 bridgehead atoms. The van der Waals surface area contributed by atoms with Gasteiger partial charge in [-0.25, -0.2) is 14.4 Å². The Kier molecular flexibility index (Phi) is 3.45. The molecule has 7 nitrogen and oxygen atoms in total. The summed E-state index contributed by atoms with van der Waals surface area (Å²) in [6, 6.07) is 1.61. The van der Waals surface area contributed by atoms with Gasteiger partial charge in [-0.1, -0.05) is 0 Å². The highest BCUT2D eigenvalue weighted by Crippen LogP contribution is 2.29. The van der Waals surface area contributed by atoms with Gasteiger partial charge in [-0.2, -0.15) is 4.98 Å². The summed E-state index contributed by atoms with van der Waals surface area (Å²) in [5.74, 6) is 0.103. The van der Waals surface area contributed by atoms with Crippen molar-refractivity contribution in [2.45, 2.75) is 37.8 Å². The number of H-pyrrole nitrogens is 1. The first-order valence-electron chi connectivity index (χ1n) is 10.8. The zero-order chi connectivity index (χ0) is 21.6. The van der Waals surface area contributed by atoms with Gasteiger partial charge in [0.2, 0.25) is 5.95 Å². The van der Waals surface area contributed by atoms with Gasteiger partial charge in [0, 0.05) is 60.6 Å². The number of anilines is 1. The number of rotatable bonds is 4. The van der Waals surface area contributed by atoms with Crippen LogP contribution in [0.25, 0.3) is 27.8 Å². The van der Waals surface area contributed by atoms with Gasteiger partial charge in [-0.05, 0) is 31.7 Å². The summed E-state index contributed by atoms with van der Waals surface area (Å²) in [6.07, 6.45) is 11.3. The van der Waals surface area contributed by atoms with Crippen LogP contribution < -0.4 is 5.32 Å². The van der Waals surface area contributed by atoms with E-state index in [0.717, 1.165) is 23.8 Å². The standard InChI is InChI=1S/C20H21FN6O/c1-28-14-4-2-13(3-5-14)25-20-24-10-16-15(9-23-18(16)26-20)12-8-17(21)19-22-6-7-27(19)11-12/h6-11,13-14H,2-5H2,1H3,(H2,23,24,25,26)/t13-,14+/i1D3. The molecule has 144 valence electrons. The number of methoxy groups -OCH3 is 1. The molecule has 0 unspecified atom stereocenters. The number of hydrogen-bond donors (Lipinski definition) is 2. The zero-order valence-corrected chi connectivity index (χ0v) is 15.0. The molecule has 0 saturated heterocycles. The van der Waals surface area contributed by atoms with E-state index in [1.165, 1.54) is 6.07 Å². The van der Waals surface area contributed by atoms with Gasteiger partial charge >= 0.3 is 0 Å². The number of nitrogens with zero attached hydrogens (tertiary/aromatic N) is 4. The summed E-state index contributed by atoms with van der Waals surface area (Å²) in [4.78, 5) is 16.1. The zero-order valence-electron chi connectivity index (χ0n) is 18.0. The Morgan fingerprint density at radius 2 is 2.21 bits per heavy atom. The number of imidazole rings is 1. The number of aromatic amines is 1. The molecule has 0 aliphatic heterocycles. The molecule has 1 aliphatic carbocycles. The minimum atomic E-state index is -2.35. The monoisotopic (exact) mass is 383 g/mol. The van der Waals surface area contributed by atoms with Crippen molar-refractivity contribution in [1.82, 2.24) is 24.3 Å². The summed E-state index contributed by atoms with van der Waals surface area (Å²) in [5.41, 5.74) is 2.44. The fourth-order valence-electron chi connectivity index (χ4n) is 3.86. The second-order valence-electron chi connectivity index (χ2n) is 7.13. The largest absolute Gasteiger partial charge is 0.381 e. The second-order valence-corrected chi connectivity index (χ2v) is 7.13. The van der Waals surface area contributed by atoms with E-state index in [4.69, 9.17) is 8.85 Å². The van der Waals surface area contributed by atoms with E-state index in [-0.39, 0.29) is 17.8 Å². The minimum absolute atomic E-state index is 0.154. The predicted octanol–water partition coefficient (Wildman–Crippen LogP) is 3.78. The highest BCUT2D eigenvalue weighted by molar-refractivity contribution is 5.93. The van der Waals surface area contributed by atoms with Gasteiger partial charge in [-0.3, -0.25) is 0 Å². The third-order valence-corrected chi connectivity index (χ3v) is 5.36. The first-order chi connectivity index (χ1) is 14.9. The van der Waals surface area contributed by atoms with Crippen LogP contribution in [-0.4, -0.2) is 43.5 Å². The summed E-state index contributed by atoms with van der Waals surface area (Å²) < 4.78 is 42.8. The summed E-state index contributed by atoms with van der Waals surface area (Å²) in [7, 11) is -2.35. The van der Waals surface area contributed by atoms with Crippen LogP contribution >= 0.6 is 0 Å². The highest BCUT2D eigenvalue weighted by atomic mass is 19.1. The number of aromatic nitrogens is 5. The third-order valence-electron chi connectivity index (χ3n) is 5.36. The Hall–Kier alpha value is -3.00. The molecule has 2 N–H and O–H groups in total. The van der Waals surface area contributed by atoms with Crippen LogP contribution in [0, 0.1) is 5.82 Å². The Bertz CT molecular complexity index is 1230. The van der Waals surface area contributed by atoms with Gasteiger partial charge in [0.05, 0.1) is 10.2 Å². The molecule has 4 aromatic rings. The van der Waals surface area contributed by atoms with E-state index in [1.807, 2.05) is 6.20 Å². The Morgan fingerprint density at radius 1 is 1.32 bits per heavy atom. The number of halogens is 1. The molecule has 0 spiro atoms. The van der Waals surface area contributed by atoms with Gasteiger partial charge < -0.3 is 19.4 Å². The molecule has 1 saturated carbocycles. The van der Waals surface area contributed by atoms with Crippen LogP contribution in [0.2, 0.25) is 0 Å². The lowest BCUT2D eigenvalue weighted by Crippen LogP contribution is -2.29. The molecule has 1 fully saturated rings. The first-order valence-corrected chi connectivity index (χ1v) is 9.27. The van der Waals surface area contributed by atoms with E-state index >= 15 is 0 Å². The molecule has 0 amide bonds. The predicted molar refractivity (Wildman–Crippen MR) is 105 cm³/mol. The Labute approximate surface area is 165 Å². The number of pyridine rings is 1. The smallest absolute Gasteiger partial charge is 0.224 e. The maximum atomic E-state index is 14.3. The molecule has 5 rings (SSSR count). The average molecular weight is 383 g/mol. The van der Waals surface area contributed by atoms with Crippen LogP contribution in [0.15, 0.2) is 37.1 Å². The molecular formula is C20H21FN6O. The third kappa shape index (κ3) is 2.99. The fraction of sp³-hybridized carbons (Fsp3) is 0.350. The van der Waals surface area contributed by atoms with Crippen LogP contribution in [0.4, 0.5) is 10.3 Å². The highest BCUT2D eigenvalue weighted by Gasteiger charge is 2.21. The number of ether oxygens (including phenoxy) is 1. The van der Waals surface area contributed by atoms with Gasteiger partial charge in [-0.15, -0.1) is 0 Å². The second kappa shape index (κ2) is 6.87. The minimum Gasteiger partial charge on any atom is -0.381 e. The van der Waals surface area contributed by atoms with Crippen molar-refractivity contribution in [3.05, 3.63) is 42.9 Å². The van der Waals surface area contributed by atoms with E-state index in [2.05, 4.69) is 25.3 Å². The number of fused-ring (bicyclic) bond motifs is 2. The van der Waals surface area contributed by atoms with E-state index in [0.29, 0.717) is 30.0 Å². The number of hydrogen-bond acceptors (Lipinski definition) is 5. The van der Waals surface area contributed by atoms with E-state index < -0.39 is 12.9 Å². The van der Waals surface area contributed by atoms with Crippen LogP contribution in [0.1, 0.15) is 29.8 Å². The molecule has 28 heavy (non-hydrogen) atoms. The maximum absolute atomic E-state index is 14.3. The van der Waals surface area contributed by atoms with Crippen molar-refractivity contribution in [2.24, 2.45) is 0 Å². The lowest BCUT2D eigenvalue weighted by atomic mass is 9.93. The van der Waals surface area contributed by atoms with E-state index in [1.54, 1.807) is 29.2 Å². The topological polar surface area (TPSA) is 80.1 Å². The lowest BCUT2D eigenvalue weighted by Gasteiger charge is -2.28. The van der Waals surface area contributed by atoms with Gasteiger partial charge in [0.25, 0.3) is 0 Å². The first kappa shape index (κ1) is 14.1. The van der Waals surface area contributed by atoms with E-state index in [9.17, 15) is 4.39 Å². The van der Waals surface area contributed by atoms with Crippen LogP contribution in [0.5, 0.6) is 0 Å². The Morgan fingerprint density at radius 3 is 3.07 bits per heavy atom. The molecule has 4 aromatic heterocycles. The quantitative estimate of drug-likeness (QED) is 0.561. The SMILES string of the molecule is [2H]C([2H])([2H])O[C@H]1CC[C@@H](Nc2ncc3c(-c4cc(F)c5nccn5c4)c[nH]c3n2)CC1. The summed E-state index contributed by atoms with van der Waals surface area (Å²) in [6.45, 7) is 0. The van der Waals surface area contributed by atoms with Crippen molar-refractivity contribution >= 4 is 22.6 Å². The van der Waals surface area contributed by atoms with Crippen molar-refractivity contribution in [3.8, 4) is 11.1 Å². The Balaban J connectivity index is 1.32. The van der Waals surface area contributed by atoms with Crippen molar-refractivity contribution in [2.75, 3.05) is 12.4 Å². The van der Waals surface area contributed by atoms with Crippen LogP contribution in [0.3, 0.4) is 0 Å². The summed E-state index contributed by atoms with van der Waals surface area (Å²) >= 11 is 0. The molecule has 0 atom stereocenters. The molecule has 0 aromatic carbocycles. The van der Waals surface area contributed by atoms with Crippen molar-refractivity contribution in [3.63, 3.8) is 0 Å². The normalized spacial score (nSPS) is 22.1. The molecule has 1 aliphatic rings. The van der Waals surface area contributed by atoms with Crippen molar-refractivity contribution in [1.29, 1.82) is 0 Å². The molecule has 0 radical (unpaired) electrons. The lowest BCUT2D eigenvalue weighted by molar-refractivity contribution is 0.0681. The van der Waals surface area contributed by atoms with Gasteiger partial charge in [0.1, 0.15) is 5.65 Å². The number of nitrogens with one attached hydrogen (secondary N) is 2. The van der Waals surface area contributed by atoms with Crippen LogP contribution in [-0.2, 0) is 4.74 Å². The average Bonchev–Trinajstić information content (AvgIpc) is 3.35. The van der Waals surface area contributed by atoms with Crippen molar-refractivity contribution < 1.29 is 13.2 Å². The molecule has 4 heterocycles. The maximum Gasteiger partial charge on any atom is 0.224 e. The molecular weight excluding hydrogens is 359 g/mol. The van der Waals surface area contributed by atoms with Gasteiger partial charge in [0.15, 0.2) is 11.5 Å². The molecule has 8 heteroatoms. The summed E-state index contributed by atoms with van der Waals surface area (Å²) in [5, 5.41) is 4.12. The fourth-order valence-corrected chi connectivity index (χ4v) is 3.86.